The second kappa shape index (κ2) is 5.12. The van der Waals surface area contributed by atoms with Crippen LogP contribution in [0.15, 0.2) is 24.3 Å². The molecule has 4 heteroatoms. The van der Waals surface area contributed by atoms with Crippen molar-refractivity contribution in [2.45, 2.75) is 26.7 Å². The normalized spacial score (nSPS) is 10.6. The quantitative estimate of drug-likeness (QED) is 0.904. The van der Waals surface area contributed by atoms with Gasteiger partial charge in [0.1, 0.15) is 5.82 Å². The van der Waals surface area contributed by atoms with Gasteiger partial charge in [-0.25, -0.2) is 14.4 Å². The molecule has 1 aromatic heterocycles. The van der Waals surface area contributed by atoms with Gasteiger partial charge in [-0.2, -0.15) is 0 Å². The van der Waals surface area contributed by atoms with Crippen molar-refractivity contribution in [2.75, 3.05) is 5.73 Å². The van der Waals surface area contributed by atoms with Gasteiger partial charge < -0.3 is 5.73 Å². The van der Waals surface area contributed by atoms with Crippen LogP contribution in [0.3, 0.4) is 0 Å². The molecule has 1 aromatic carbocycles. The van der Waals surface area contributed by atoms with E-state index in [1.165, 1.54) is 12.1 Å². The van der Waals surface area contributed by atoms with Crippen molar-refractivity contribution in [3.63, 3.8) is 0 Å². The molecule has 2 N–H and O–H groups in total. The van der Waals surface area contributed by atoms with Gasteiger partial charge in [-0.1, -0.05) is 19.1 Å². The summed E-state index contributed by atoms with van der Waals surface area (Å²) in [7, 11) is 0. The molecule has 0 unspecified atom stereocenters. The van der Waals surface area contributed by atoms with Crippen LogP contribution in [0.25, 0.3) is 0 Å². The van der Waals surface area contributed by atoms with E-state index in [0.29, 0.717) is 12.4 Å². The average molecular weight is 245 g/mol. The van der Waals surface area contributed by atoms with Gasteiger partial charge in [-0.05, 0) is 36.6 Å². The molecule has 18 heavy (non-hydrogen) atoms. The molecule has 0 spiro atoms. The Morgan fingerprint density at radius 1 is 1.17 bits per heavy atom. The molecule has 0 bridgehead atoms. The predicted octanol–water partition coefficient (Wildman–Crippen LogP) is 2.66. The maximum absolute atomic E-state index is 12.9. The van der Waals surface area contributed by atoms with Gasteiger partial charge in [0.25, 0.3) is 0 Å². The van der Waals surface area contributed by atoms with Crippen LogP contribution >= 0.6 is 0 Å². The fraction of sp³-hybridized carbons (Fsp3) is 0.286. The molecule has 0 saturated heterocycles. The minimum absolute atomic E-state index is 0.222. The van der Waals surface area contributed by atoms with Crippen LogP contribution in [0.5, 0.6) is 0 Å². The third-order valence-electron chi connectivity index (χ3n) is 2.95. The largest absolute Gasteiger partial charge is 0.368 e. The lowest BCUT2D eigenvalue weighted by atomic mass is 10.0. The summed E-state index contributed by atoms with van der Waals surface area (Å²) in [6.07, 6.45) is 1.51. The predicted molar refractivity (Wildman–Crippen MR) is 69.8 cm³/mol. The minimum atomic E-state index is -0.222. The van der Waals surface area contributed by atoms with E-state index < -0.39 is 0 Å². The molecule has 0 aliphatic heterocycles. The Morgan fingerprint density at radius 3 is 2.44 bits per heavy atom. The van der Waals surface area contributed by atoms with Gasteiger partial charge >= 0.3 is 0 Å². The number of aromatic nitrogens is 2. The number of anilines is 1. The molecule has 94 valence electrons. The lowest BCUT2D eigenvalue weighted by Crippen LogP contribution is -2.07. The number of hydrogen-bond donors (Lipinski definition) is 1. The lowest BCUT2D eigenvalue weighted by Gasteiger charge is -2.11. The van der Waals surface area contributed by atoms with Gasteiger partial charge in [0.15, 0.2) is 0 Å². The van der Waals surface area contributed by atoms with E-state index in [2.05, 4.69) is 9.97 Å². The zero-order valence-corrected chi connectivity index (χ0v) is 10.6. The van der Waals surface area contributed by atoms with Crippen molar-refractivity contribution in [1.29, 1.82) is 0 Å². The van der Waals surface area contributed by atoms with Crippen LogP contribution in [-0.2, 0) is 12.8 Å². The summed E-state index contributed by atoms with van der Waals surface area (Å²) in [6.45, 7) is 3.96. The zero-order valence-electron chi connectivity index (χ0n) is 10.6. The van der Waals surface area contributed by atoms with Crippen LogP contribution < -0.4 is 5.73 Å². The smallest absolute Gasteiger partial charge is 0.220 e. The van der Waals surface area contributed by atoms with Gasteiger partial charge in [0.05, 0.1) is 0 Å². The number of nitrogens with two attached hydrogens (primary N) is 1. The molecule has 2 rings (SSSR count). The summed E-state index contributed by atoms with van der Waals surface area (Å²) in [5.41, 5.74) is 9.63. The molecular formula is C14H16FN3. The highest BCUT2D eigenvalue weighted by atomic mass is 19.1. The van der Waals surface area contributed by atoms with Crippen LogP contribution in [0.4, 0.5) is 10.3 Å². The van der Waals surface area contributed by atoms with E-state index in [0.717, 1.165) is 28.9 Å². The minimum Gasteiger partial charge on any atom is -0.368 e. The SMILES string of the molecule is CCc1nc(N)nc(C)c1Cc1ccc(F)cc1. The first-order valence-electron chi connectivity index (χ1n) is 5.96. The number of rotatable bonds is 3. The van der Waals surface area contributed by atoms with Crippen molar-refractivity contribution in [3.05, 3.63) is 52.6 Å². The van der Waals surface area contributed by atoms with Crippen molar-refractivity contribution in [3.8, 4) is 0 Å². The fourth-order valence-corrected chi connectivity index (χ4v) is 2.01. The summed E-state index contributed by atoms with van der Waals surface area (Å²) >= 11 is 0. The number of nitrogens with zero attached hydrogens (tertiary/aromatic N) is 2. The molecule has 2 aromatic rings. The Labute approximate surface area is 106 Å². The number of nitrogen functional groups attached to an aromatic ring is 1. The molecule has 0 amide bonds. The highest BCUT2D eigenvalue weighted by Gasteiger charge is 2.10. The Hall–Kier alpha value is -1.97. The van der Waals surface area contributed by atoms with E-state index in [4.69, 9.17) is 5.73 Å². The molecule has 0 aliphatic carbocycles. The van der Waals surface area contributed by atoms with Crippen molar-refractivity contribution < 1.29 is 4.39 Å². The van der Waals surface area contributed by atoms with E-state index in [1.807, 2.05) is 13.8 Å². The van der Waals surface area contributed by atoms with Gasteiger partial charge in [-0.15, -0.1) is 0 Å². The second-order valence-electron chi connectivity index (χ2n) is 4.25. The second-order valence-corrected chi connectivity index (χ2v) is 4.25. The molecule has 0 aliphatic rings. The number of halogens is 1. The fourth-order valence-electron chi connectivity index (χ4n) is 2.01. The van der Waals surface area contributed by atoms with Gasteiger partial charge in [0.2, 0.25) is 5.95 Å². The summed E-state index contributed by atoms with van der Waals surface area (Å²) in [5, 5.41) is 0. The summed E-state index contributed by atoms with van der Waals surface area (Å²) in [4.78, 5) is 8.45. The molecule has 0 saturated carbocycles. The van der Waals surface area contributed by atoms with Gasteiger partial charge in [-0.3, -0.25) is 0 Å². The molecular weight excluding hydrogens is 229 g/mol. The lowest BCUT2D eigenvalue weighted by molar-refractivity contribution is 0.627. The van der Waals surface area contributed by atoms with Crippen molar-refractivity contribution in [2.24, 2.45) is 0 Å². The van der Waals surface area contributed by atoms with E-state index in [9.17, 15) is 4.39 Å². The monoisotopic (exact) mass is 245 g/mol. The first-order valence-corrected chi connectivity index (χ1v) is 5.96. The number of hydrogen-bond acceptors (Lipinski definition) is 3. The van der Waals surface area contributed by atoms with Crippen LogP contribution in [0.2, 0.25) is 0 Å². The molecule has 3 nitrogen and oxygen atoms in total. The van der Waals surface area contributed by atoms with E-state index >= 15 is 0 Å². The van der Waals surface area contributed by atoms with Crippen LogP contribution in [0, 0.1) is 12.7 Å². The topological polar surface area (TPSA) is 51.8 Å². The highest BCUT2D eigenvalue weighted by Crippen LogP contribution is 2.17. The summed E-state index contributed by atoms with van der Waals surface area (Å²) in [5.74, 6) is 0.0898. The Kier molecular flexibility index (Phi) is 3.55. The third kappa shape index (κ3) is 2.64. The van der Waals surface area contributed by atoms with Crippen molar-refractivity contribution in [1.82, 2.24) is 9.97 Å². The first-order chi connectivity index (χ1) is 8.60. The molecule has 0 fully saturated rings. The van der Waals surface area contributed by atoms with Crippen LogP contribution in [0.1, 0.15) is 29.4 Å². The maximum atomic E-state index is 12.9. The maximum Gasteiger partial charge on any atom is 0.220 e. The van der Waals surface area contributed by atoms with E-state index in [1.54, 1.807) is 12.1 Å². The summed E-state index contributed by atoms with van der Waals surface area (Å²) in [6, 6.07) is 6.50. The Bertz CT molecular complexity index is 550. The third-order valence-corrected chi connectivity index (χ3v) is 2.95. The first kappa shape index (κ1) is 12.5. The van der Waals surface area contributed by atoms with Crippen LogP contribution in [-0.4, -0.2) is 9.97 Å². The standard InChI is InChI=1S/C14H16FN3/c1-3-13-12(9(2)17-14(16)18-13)8-10-4-6-11(15)7-5-10/h4-7H,3,8H2,1-2H3,(H2,16,17,18). The zero-order chi connectivity index (χ0) is 13.1. The Balaban J connectivity index is 2.36. The molecule has 0 atom stereocenters. The van der Waals surface area contributed by atoms with Gasteiger partial charge in [0, 0.05) is 17.8 Å². The molecule has 0 radical (unpaired) electrons. The van der Waals surface area contributed by atoms with E-state index in [-0.39, 0.29) is 5.82 Å². The Morgan fingerprint density at radius 2 is 1.83 bits per heavy atom. The average Bonchev–Trinajstić information content (AvgIpc) is 2.34. The highest BCUT2D eigenvalue weighted by molar-refractivity contribution is 5.35. The van der Waals surface area contributed by atoms with Crippen molar-refractivity contribution >= 4 is 5.95 Å². The number of aryl methyl sites for hydroxylation is 2. The summed E-state index contributed by atoms with van der Waals surface area (Å²) < 4.78 is 12.9. The molecule has 1 heterocycles. The number of benzene rings is 1.